The molecule has 0 amide bonds. The minimum atomic E-state index is -3.25. The van der Waals surface area contributed by atoms with Gasteiger partial charge in [0.25, 0.3) is 0 Å². The van der Waals surface area contributed by atoms with Gasteiger partial charge < -0.3 is 9.84 Å². The predicted molar refractivity (Wildman–Crippen MR) is 98.6 cm³/mol. The van der Waals surface area contributed by atoms with Crippen LogP contribution in [0.25, 0.3) is 0 Å². The quantitative estimate of drug-likeness (QED) is 0.782. The molecule has 1 aliphatic heterocycles. The molecule has 0 radical (unpaired) electrons. The summed E-state index contributed by atoms with van der Waals surface area (Å²) >= 11 is 0. The van der Waals surface area contributed by atoms with Crippen molar-refractivity contribution in [2.75, 3.05) is 25.2 Å². The number of hydrogen-bond acceptors (Lipinski definition) is 6. The molecule has 1 aromatic carbocycles. The zero-order valence-electron chi connectivity index (χ0n) is 15.1. The van der Waals surface area contributed by atoms with Crippen LogP contribution in [0.3, 0.4) is 0 Å². The largest absolute Gasteiger partial charge is 0.494 e. The van der Waals surface area contributed by atoms with E-state index in [-0.39, 0.29) is 5.75 Å². The van der Waals surface area contributed by atoms with Crippen LogP contribution in [0.2, 0.25) is 0 Å². The fraction of sp³-hybridized carbons (Fsp3) is 0.500. The SMILES string of the molecule is CCOc1cccc(CN2CCn3nc([C@H](O)CS(C)(=O)=O)cc3C2)c1. The molecule has 0 spiro atoms. The highest BCUT2D eigenvalue weighted by molar-refractivity contribution is 7.90. The van der Waals surface area contributed by atoms with Crippen molar-refractivity contribution >= 4 is 9.84 Å². The first-order valence-electron chi connectivity index (χ1n) is 8.70. The van der Waals surface area contributed by atoms with Gasteiger partial charge in [0.05, 0.1) is 30.3 Å². The Morgan fingerprint density at radius 1 is 1.31 bits per heavy atom. The van der Waals surface area contributed by atoms with Gasteiger partial charge in [0.15, 0.2) is 0 Å². The molecular weight excluding hydrogens is 354 g/mol. The molecule has 3 rings (SSSR count). The number of hydrogen-bond donors (Lipinski definition) is 1. The first-order valence-corrected chi connectivity index (χ1v) is 10.8. The number of nitrogens with zero attached hydrogens (tertiary/aromatic N) is 3. The van der Waals surface area contributed by atoms with Gasteiger partial charge in [-0.2, -0.15) is 5.10 Å². The fourth-order valence-electron chi connectivity index (χ4n) is 3.17. The van der Waals surface area contributed by atoms with E-state index in [1.165, 1.54) is 5.56 Å². The molecule has 26 heavy (non-hydrogen) atoms. The van der Waals surface area contributed by atoms with Crippen molar-refractivity contribution in [3.05, 3.63) is 47.3 Å². The first-order chi connectivity index (χ1) is 12.3. The minimum Gasteiger partial charge on any atom is -0.494 e. The minimum absolute atomic E-state index is 0.308. The van der Waals surface area contributed by atoms with Gasteiger partial charge in [-0.15, -0.1) is 0 Å². The van der Waals surface area contributed by atoms with Crippen LogP contribution in [0, 0.1) is 0 Å². The second-order valence-corrected chi connectivity index (χ2v) is 8.87. The van der Waals surface area contributed by atoms with Gasteiger partial charge in [0, 0.05) is 25.9 Å². The Labute approximate surface area is 154 Å². The summed E-state index contributed by atoms with van der Waals surface area (Å²) in [6.45, 7) is 5.67. The summed E-state index contributed by atoms with van der Waals surface area (Å²) in [5.74, 6) is 0.565. The average Bonchev–Trinajstić information content (AvgIpc) is 2.97. The highest BCUT2D eigenvalue weighted by atomic mass is 32.2. The van der Waals surface area contributed by atoms with Crippen LogP contribution in [0.5, 0.6) is 5.75 Å². The summed E-state index contributed by atoms with van der Waals surface area (Å²) in [6, 6.07) is 9.88. The van der Waals surface area contributed by atoms with Gasteiger partial charge in [-0.3, -0.25) is 9.58 Å². The number of aliphatic hydroxyl groups excluding tert-OH is 1. The molecule has 2 heterocycles. The highest BCUT2D eigenvalue weighted by Crippen LogP contribution is 2.21. The zero-order chi connectivity index (χ0) is 18.7. The summed E-state index contributed by atoms with van der Waals surface area (Å²) in [5, 5.41) is 14.5. The van der Waals surface area contributed by atoms with Crippen molar-refractivity contribution in [2.24, 2.45) is 0 Å². The number of ether oxygens (including phenoxy) is 1. The van der Waals surface area contributed by atoms with Crippen LogP contribution in [0.15, 0.2) is 30.3 Å². The maximum atomic E-state index is 11.4. The van der Waals surface area contributed by atoms with E-state index in [0.717, 1.165) is 30.8 Å². The third-order valence-electron chi connectivity index (χ3n) is 4.31. The maximum absolute atomic E-state index is 11.4. The summed E-state index contributed by atoms with van der Waals surface area (Å²) in [6.07, 6.45) is 0.0315. The Kier molecular flexibility index (Phi) is 5.64. The smallest absolute Gasteiger partial charge is 0.150 e. The number of aromatic nitrogens is 2. The Bertz CT molecular complexity index is 863. The summed E-state index contributed by atoms with van der Waals surface area (Å²) < 4.78 is 30.2. The van der Waals surface area contributed by atoms with E-state index in [1.807, 2.05) is 23.7 Å². The van der Waals surface area contributed by atoms with E-state index in [9.17, 15) is 13.5 Å². The normalized spacial score (nSPS) is 16.3. The van der Waals surface area contributed by atoms with E-state index >= 15 is 0 Å². The second-order valence-electron chi connectivity index (χ2n) is 6.68. The molecule has 0 saturated carbocycles. The van der Waals surface area contributed by atoms with Gasteiger partial charge in [0.2, 0.25) is 0 Å². The lowest BCUT2D eigenvalue weighted by molar-refractivity contribution is 0.191. The monoisotopic (exact) mass is 379 g/mol. The van der Waals surface area contributed by atoms with Crippen LogP contribution in [0.1, 0.15) is 30.0 Å². The van der Waals surface area contributed by atoms with Crippen molar-refractivity contribution in [1.29, 1.82) is 0 Å². The van der Waals surface area contributed by atoms with Gasteiger partial charge in [0.1, 0.15) is 21.7 Å². The van der Waals surface area contributed by atoms with E-state index in [1.54, 1.807) is 6.07 Å². The number of rotatable bonds is 7. The van der Waals surface area contributed by atoms with Gasteiger partial charge >= 0.3 is 0 Å². The molecule has 0 saturated heterocycles. The van der Waals surface area contributed by atoms with Gasteiger partial charge in [-0.05, 0) is 30.7 Å². The van der Waals surface area contributed by atoms with Crippen LogP contribution < -0.4 is 4.74 Å². The standard InChI is InChI=1S/C18H25N3O4S/c1-3-25-16-6-4-5-14(9-16)11-20-7-8-21-15(12-20)10-17(19-21)18(22)13-26(2,23)24/h4-6,9-10,18,22H,3,7-8,11-13H2,1-2H3/t18-/m1/s1. The molecule has 1 N–H and O–H groups in total. The Hall–Kier alpha value is -1.90. The molecule has 142 valence electrons. The Morgan fingerprint density at radius 3 is 2.85 bits per heavy atom. The summed E-state index contributed by atoms with van der Waals surface area (Å²) in [5.41, 5.74) is 2.59. The molecule has 1 aliphatic rings. The van der Waals surface area contributed by atoms with Crippen LogP contribution in [-0.4, -0.2) is 53.4 Å². The maximum Gasteiger partial charge on any atom is 0.150 e. The van der Waals surface area contributed by atoms with Crippen molar-refractivity contribution in [3.8, 4) is 5.75 Å². The topological polar surface area (TPSA) is 84.7 Å². The number of aliphatic hydroxyl groups is 1. The second kappa shape index (κ2) is 7.77. The van der Waals surface area contributed by atoms with Gasteiger partial charge in [-0.25, -0.2) is 8.42 Å². The molecule has 0 fully saturated rings. The molecule has 2 aromatic rings. The van der Waals surface area contributed by atoms with E-state index in [4.69, 9.17) is 4.74 Å². The van der Waals surface area contributed by atoms with Crippen LogP contribution >= 0.6 is 0 Å². The Morgan fingerprint density at radius 2 is 2.12 bits per heavy atom. The lowest BCUT2D eigenvalue weighted by Crippen LogP contribution is -2.33. The zero-order valence-corrected chi connectivity index (χ0v) is 15.9. The van der Waals surface area contributed by atoms with E-state index < -0.39 is 15.9 Å². The Balaban J connectivity index is 1.67. The molecule has 8 heteroatoms. The van der Waals surface area contributed by atoms with Crippen molar-refractivity contribution < 1.29 is 18.3 Å². The van der Waals surface area contributed by atoms with Crippen LogP contribution in [0.4, 0.5) is 0 Å². The lowest BCUT2D eigenvalue weighted by Gasteiger charge is -2.27. The molecule has 1 atom stereocenters. The molecule has 7 nitrogen and oxygen atoms in total. The summed E-state index contributed by atoms with van der Waals surface area (Å²) in [4.78, 5) is 2.30. The lowest BCUT2D eigenvalue weighted by atomic mass is 10.1. The third kappa shape index (κ3) is 4.84. The molecule has 1 aromatic heterocycles. The molecule has 0 bridgehead atoms. The number of benzene rings is 1. The van der Waals surface area contributed by atoms with Crippen molar-refractivity contribution in [3.63, 3.8) is 0 Å². The molecule has 0 unspecified atom stereocenters. The number of fused-ring (bicyclic) bond motifs is 1. The number of sulfone groups is 1. The van der Waals surface area contributed by atoms with Gasteiger partial charge in [-0.1, -0.05) is 12.1 Å². The predicted octanol–water partition coefficient (Wildman–Crippen LogP) is 1.38. The van der Waals surface area contributed by atoms with Crippen LogP contribution in [-0.2, 0) is 29.5 Å². The highest BCUT2D eigenvalue weighted by Gasteiger charge is 2.23. The fourth-order valence-corrected chi connectivity index (χ4v) is 3.92. The first kappa shape index (κ1) is 18.9. The average molecular weight is 379 g/mol. The van der Waals surface area contributed by atoms with E-state index in [2.05, 4.69) is 22.1 Å². The van der Waals surface area contributed by atoms with E-state index in [0.29, 0.717) is 25.4 Å². The third-order valence-corrected chi connectivity index (χ3v) is 5.23. The van der Waals surface area contributed by atoms with Crippen molar-refractivity contribution in [1.82, 2.24) is 14.7 Å². The molecular formula is C18H25N3O4S. The molecule has 0 aliphatic carbocycles. The summed E-state index contributed by atoms with van der Waals surface area (Å²) in [7, 11) is -3.25. The van der Waals surface area contributed by atoms with Crippen molar-refractivity contribution in [2.45, 2.75) is 32.7 Å².